The van der Waals surface area contributed by atoms with Crippen molar-refractivity contribution in [2.45, 2.75) is 38.1 Å². The van der Waals surface area contributed by atoms with E-state index in [2.05, 4.69) is 18.7 Å². The van der Waals surface area contributed by atoms with E-state index in [1.165, 1.54) is 16.4 Å². The van der Waals surface area contributed by atoms with Crippen LogP contribution in [-0.4, -0.2) is 73.7 Å². The summed E-state index contributed by atoms with van der Waals surface area (Å²) >= 11 is 0. The van der Waals surface area contributed by atoms with Gasteiger partial charge in [0, 0.05) is 39.3 Å². The van der Waals surface area contributed by atoms with Crippen molar-refractivity contribution in [2.24, 2.45) is 11.8 Å². The maximum absolute atomic E-state index is 13.0. The molecular formula is C21H30N4O3S. The number of piperidine rings is 1. The molecule has 0 bridgehead atoms. The summed E-state index contributed by atoms with van der Waals surface area (Å²) in [5, 5.41) is 9.23. The van der Waals surface area contributed by atoms with Crippen molar-refractivity contribution in [1.82, 2.24) is 14.1 Å². The first-order valence-corrected chi connectivity index (χ1v) is 11.7. The van der Waals surface area contributed by atoms with Gasteiger partial charge in [-0.2, -0.15) is 9.57 Å². The first kappa shape index (κ1) is 21.8. The average molecular weight is 419 g/mol. The Balaban J connectivity index is 1.64. The summed E-state index contributed by atoms with van der Waals surface area (Å²) in [5.74, 6) is 1.16. The smallest absolute Gasteiger partial charge is 0.244 e. The van der Waals surface area contributed by atoms with Crippen molar-refractivity contribution >= 4 is 15.9 Å². The summed E-state index contributed by atoms with van der Waals surface area (Å²) in [4.78, 5) is 17.1. The fourth-order valence-electron chi connectivity index (χ4n) is 4.52. The lowest BCUT2D eigenvalue weighted by molar-refractivity contribution is -0.139. The van der Waals surface area contributed by atoms with E-state index < -0.39 is 10.0 Å². The number of likely N-dealkylation sites (tertiary alicyclic amines) is 1. The van der Waals surface area contributed by atoms with Crippen LogP contribution in [0.3, 0.4) is 0 Å². The van der Waals surface area contributed by atoms with Crippen LogP contribution < -0.4 is 0 Å². The zero-order valence-corrected chi connectivity index (χ0v) is 18.2. The molecule has 0 unspecified atom stereocenters. The summed E-state index contributed by atoms with van der Waals surface area (Å²) in [6.45, 7) is 9.51. The maximum atomic E-state index is 13.0. The van der Waals surface area contributed by atoms with Crippen molar-refractivity contribution in [2.75, 3.05) is 39.3 Å². The van der Waals surface area contributed by atoms with Crippen molar-refractivity contribution in [3.63, 3.8) is 0 Å². The van der Waals surface area contributed by atoms with Gasteiger partial charge in [-0.25, -0.2) is 8.42 Å². The SMILES string of the molecule is C[C@@H]1C[C@H](C)CN(C(=O)[C@@H](C)N2CCN(S(=O)(=O)c3ccccc3C#N)CC2)C1. The lowest BCUT2D eigenvalue weighted by Gasteiger charge is -2.41. The van der Waals surface area contributed by atoms with Crippen molar-refractivity contribution in [1.29, 1.82) is 5.26 Å². The number of carbonyl (C=O) groups is 1. The third-order valence-corrected chi connectivity index (χ3v) is 7.94. The molecule has 2 aliphatic heterocycles. The van der Waals surface area contributed by atoms with Crippen LogP contribution in [0.1, 0.15) is 32.8 Å². The van der Waals surface area contributed by atoms with Gasteiger partial charge >= 0.3 is 0 Å². The summed E-state index contributed by atoms with van der Waals surface area (Å²) in [5.41, 5.74) is 0.159. The quantitative estimate of drug-likeness (QED) is 0.744. The molecule has 2 fully saturated rings. The minimum absolute atomic E-state index is 0.0522. The van der Waals surface area contributed by atoms with Crippen LogP contribution in [0.25, 0.3) is 0 Å². The van der Waals surface area contributed by atoms with E-state index in [0.29, 0.717) is 38.0 Å². The Morgan fingerprint density at radius 1 is 1.10 bits per heavy atom. The molecule has 0 radical (unpaired) electrons. The summed E-state index contributed by atoms with van der Waals surface area (Å²) in [6, 6.07) is 7.98. The molecule has 1 aromatic carbocycles. The molecule has 0 aliphatic carbocycles. The molecular weight excluding hydrogens is 388 g/mol. The van der Waals surface area contributed by atoms with Crippen LogP contribution in [-0.2, 0) is 14.8 Å². The van der Waals surface area contributed by atoms with Crippen LogP contribution in [0, 0.1) is 23.2 Å². The molecule has 0 spiro atoms. The topological polar surface area (TPSA) is 84.7 Å². The molecule has 3 rings (SSSR count). The number of piperazine rings is 1. The van der Waals surface area contributed by atoms with Gasteiger partial charge in [0.25, 0.3) is 0 Å². The second kappa shape index (κ2) is 8.82. The fraction of sp³-hybridized carbons (Fsp3) is 0.619. The highest BCUT2D eigenvalue weighted by molar-refractivity contribution is 7.89. The van der Waals surface area contributed by atoms with Crippen LogP contribution in [0.5, 0.6) is 0 Å². The monoisotopic (exact) mass is 418 g/mol. The van der Waals surface area contributed by atoms with E-state index in [0.717, 1.165) is 19.5 Å². The van der Waals surface area contributed by atoms with Crippen LogP contribution >= 0.6 is 0 Å². The van der Waals surface area contributed by atoms with Gasteiger partial charge in [-0.3, -0.25) is 9.69 Å². The number of benzene rings is 1. The predicted molar refractivity (Wildman–Crippen MR) is 110 cm³/mol. The summed E-state index contributed by atoms with van der Waals surface area (Å²) < 4.78 is 27.4. The molecule has 7 nitrogen and oxygen atoms in total. The van der Waals surface area contributed by atoms with E-state index in [9.17, 15) is 18.5 Å². The van der Waals surface area contributed by atoms with Gasteiger partial charge in [-0.15, -0.1) is 0 Å². The number of nitrogens with zero attached hydrogens (tertiary/aromatic N) is 4. The minimum atomic E-state index is -3.72. The Bertz CT molecular complexity index is 877. The number of nitriles is 1. The van der Waals surface area contributed by atoms with E-state index in [-0.39, 0.29) is 22.4 Å². The zero-order valence-electron chi connectivity index (χ0n) is 17.4. The lowest BCUT2D eigenvalue weighted by atomic mass is 9.91. The second-order valence-electron chi connectivity index (χ2n) is 8.41. The van der Waals surface area contributed by atoms with Gasteiger partial charge in [0.2, 0.25) is 15.9 Å². The fourth-order valence-corrected chi connectivity index (χ4v) is 6.08. The van der Waals surface area contributed by atoms with E-state index in [4.69, 9.17) is 0 Å². The standard InChI is InChI=1S/C21H30N4O3S/c1-16-12-17(2)15-24(14-16)21(26)18(3)23-8-10-25(11-9-23)29(27,28)20-7-5-4-6-19(20)13-22/h4-7,16-18H,8-12,14-15H2,1-3H3/t16-,17+,18-/m1/s1. The molecule has 1 amide bonds. The molecule has 3 atom stereocenters. The molecule has 0 saturated carbocycles. The normalized spacial score (nSPS) is 25.4. The molecule has 1 aromatic rings. The number of hydrogen-bond acceptors (Lipinski definition) is 5. The largest absolute Gasteiger partial charge is 0.341 e. The molecule has 2 saturated heterocycles. The second-order valence-corrected chi connectivity index (χ2v) is 10.3. The summed E-state index contributed by atoms with van der Waals surface area (Å²) in [7, 11) is -3.72. The Kier molecular flexibility index (Phi) is 6.62. The Labute approximate surface area is 173 Å². The average Bonchev–Trinajstić information content (AvgIpc) is 2.72. The highest BCUT2D eigenvalue weighted by Gasteiger charge is 2.35. The minimum Gasteiger partial charge on any atom is -0.341 e. The van der Waals surface area contributed by atoms with Gasteiger partial charge in [0.15, 0.2) is 0 Å². The van der Waals surface area contributed by atoms with Crippen LogP contribution in [0.4, 0.5) is 0 Å². The summed E-state index contributed by atoms with van der Waals surface area (Å²) in [6.07, 6.45) is 1.15. The van der Waals surface area contributed by atoms with Crippen LogP contribution in [0.15, 0.2) is 29.2 Å². The molecule has 8 heteroatoms. The van der Waals surface area contributed by atoms with Crippen molar-refractivity contribution in [3.8, 4) is 6.07 Å². The van der Waals surface area contributed by atoms with Gasteiger partial charge in [-0.1, -0.05) is 26.0 Å². The molecule has 158 valence electrons. The van der Waals surface area contributed by atoms with Gasteiger partial charge < -0.3 is 4.90 Å². The van der Waals surface area contributed by atoms with E-state index in [1.807, 2.05) is 17.9 Å². The Hall–Kier alpha value is -1.95. The van der Waals surface area contributed by atoms with Crippen molar-refractivity contribution < 1.29 is 13.2 Å². The van der Waals surface area contributed by atoms with Gasteiger partial charge in [0.05, 0.1) is 16.5 Å². The number of amides is 1. The third-order valence-electron chi connectivity index (χ3n) is 5.98. The Morgan fingerprint density at radius 3 is 2.28 bits per heavy atom. The highest BCUT2D eigenvalue weighted by atomic mass is 32.2. The van der Waals surface area contributed by atoms with Gasteiger partial charge in [-0.05, 0) is 37.3 Å². The Morgan fingerprint density at radius 2 is 1.69 bits per heavy atom. The van der Waals surface area contributed by atoms with Gasteiger partial charge in [0.1, 0.15) is 6.07 Å². The lowest BCUT2D eigenvalue weighted by Crippen LogP contribution is -2.56. The highest BCUT2D eigenvalue weighted by Crippen LogP contribution is 2.24. The zero-order chi connectivity index (χ0) is 21.2. The molecule has 29 heavy (non-hydrogen) atoms. The predicted octanol–water partition coefficient (Wildman–Crippen LogP) is 1.76. The molecule has 0 aromatic heterocycles. The maximum Gasteiger partial charge on any atom is 0.244 e. The van der Waals surface area contributed by atoms with Crippen LogP contribution in [0.2, 0.25) is 0 Å². The van der Waals surface area contributed by atoms with E-state index >= 15 is 0 Å². The number of hydrogen-bond donors (Lipinski definition) is 0. The first-order chi connectivity index (χ1) is 13.7. The third kappa shape index (κ3) is 4.63. The number of carbonyl (C=O) groups excluding carboxylic acids is 1. The molecule has 0 N–H and O–H groups in total. The molecule has 2 heterocycles. The number of rotatable bonds is 4. The van der Waals surface area contributed by atoms with E-state index in [1.54, 1.807) is 12.1 Å². The van der Waals surface area contributed by atoms with Crippen molar-refractivity contribution in [3.05, 3.63) is 29.8 Å². The first-order valence-electron chi connectivity index (χ1n) is 10.3. The number of sulfonamides is 1. The molecule has 2 aliphatic rings.